The second kappa shape index (κ2) is 5.83. The third kappa shape index (κ3) is 3.41. The van der Waals surface area contributed by atoms with Crippen molar-refractivity contribution in [3.05, 3.63) is 28.7 Å². The molecule has 0 aliphatic heterocycles. The Balaban J connectivity index is 2.23. The summed E-state index contributed by atoms with van der Waals surface area (Å²) >= 11 is 0.815. The summed E-state index contributed by atoms with van der Waals surface area (Å²) in [7, 11) is 3.64. The van der Waals surface area contributed by atoms with Gasteiger partial charge in [0.15, 0.2) is 5.88 Å². The van der Waals surface area contributed by atoms with Crippen molar-refractivity contribution in [1.82, 2.24) is 10.2 Å². The van der Waals surface area contributed by atoms with Crippen LogP contribution in [0.2, 0.25) is 0 Å². The number of anilines is 1. The number of thioether (sulfide) groups is 1. The number of carbonyl (C=O) groups is 1. The minimum atomic E-state index is -1.34. The number of furan rings is 1. The van der Waals surface area contributed by atoms with Crippen LogP contribution in [0.5, 0.6) is 0 Å². The van der Waals surface area contributed by atoms with Crippen LogP contribution in [0.3, 0.4) is 0 Å². The Morgan fingerprint density at radius 1 is 1.35 bits per heavy atom. The van der Waals surface area contributed by atoms with E-state index in [0.717, 1.165) is 11.8 Å². The predicted molar refractivity (Wildman–Crippen MR) is 70.9 cm³/mol. The highest BCUT2D eigenvalue weighted by molar-refractivity contribution is 8.03. The maximum absolute atomic E-state index is 11.1. The van der Waals surface area contributed by atoms with E-state index >= 15 is 0 Å². The quantitative estimate of drug-likeness (QED) is 0.593. The first-order valence-corrected chi connectivity index (χ1v) is 6.45. The molecule has 0 aliphatic rings. The Morgan fingerprint density at radius 3 is 2.60 bits per heavy atom. The predicted octanol–water partition coefficient (Wildman–Crippen LogP) is 0.920. The van der Waals surface area contributed by atoms with Gasteiger partial charge in [0, 0.05) is 32.0 Å². The molecule has 0 saturated carbocycles. The molecule has 7 nitrogen and oxygen atoms in total. The normalized spacial score (nSPS) is 11.7. The molecular formula is C12H12N3O4S-. The number of carboxylic acids is 1. The average molecular weight is 294 g/mol. The third-order valence-electron chi connectivity index (χ3n) is 2.23. The second-order valence-electron chi connectivity index (χ2n) is 4.06. The van der Waals surface area contributed by atoms with Gasteiger partial charge in [-0.2, -0.15) is 0 Å². The molecule has 0 atom stereocenters. The molecule has 0 radical (unpaired) electrons. The van der Waals surface area contributed by atoms with Crippen molar-refractivity contribution in [2.45, 2.75) is 12.1 Å². The van der Waals surface area contributed by atoms with E-state index in [1.54, 1.807) is 24.0 Å². The maximum atomic E-state index is 11.1. The molecule has 0 spiro atoms. The van der Waals surface area contributed by atoms with E-state index in [4.69, 9.17) is 8.83 Å². The summed E-state index contributed by atoms with van der Waals surface area (Å²) < 4.78 is 10.6. The van der Waals surface area contributed by atoms with Crippen LogP contribution >= 0.6 is 11.8 Å². The van der Waals surface area contributed by atoms with Crippen LogP contribution in [0.15, 0.2) is 31.1 Å². The van der Waals surface area contributed by atoms with E-state index in [1.807, 2.05) is 14.1 Å². The zero-order chi connectivity index (χ0) is 14.7. The number of hydrogen-bond donors (Lipinski definition) is 0. The Kier molecular flexibility index (Phi) is 4.14. The SMILES string of the molecule is Cc1nnc(S/C(=C/c2ccc(N(C)C)o2)C(=O)[O-])o1. The molecule has 0 N–H and O–H groups in total. The molecule has 2 rings (SSSR count). The molecule has 0 unspecified atom stereocenters. The molecule has 0 saturated heterocycles. The van der Waals surface area contributed by atoms with Gasteiger partial charge in [-0.1, -0.05) is 0 Å². The molecule has 0 aromatic carbocycles. The molecule has 2 heterocycles. The van der Waals surface area contributed by atoms with Crippen LogP contribution in [0, 0.1) is 6.92 Å². The summed E-state index contributed by atoms with van der Waals surface area (Å²) in [6.07, 6.45) is 1.35. The van der Waals surface area contributed by atoms with Crippen molar-refractivity contribution >= 4 is 29.7 Å². The van der Waals surface area contributed by atoms with Gasteiger partial charge in [0.1, 0.15) is 5.76 Å². The molecular weight excluding hydrogens is 282 g/mol. The van der Waals surface area contributed by atoms with Crippen LogP contribution in [0.1, 0.15) is 11.7 Å². The molecule has 106 valence electrons. The molecule has 2 aromatic rings. The van der Waals surface area contributed by atoms with Gasteiger partial charge in [-0.3, -0.25) is 0 Å². The number of carbonyl (C=O) groups excluding carboxylic acids is 1. The number of aliphatic carboxylic acids is 1. The molecule has 0 amide bonds. The first-order valence-electron chi connectivity index (χ1n) is 5.64. The van der Waals surface area contributed by atoms with Gasteiger partial charge in [-0.15, -0.1) is 10.2 Å². The molecule has 0 fully saturated rings. The van der Waals surface area contributed by atoms with Crippen LogP contribution in [-0.4, -0.2) is 30.3 Å². The molecule has 8 heteroatoms. The summed E-state index contributed by atoms with van der Waals surface area (Å²) in [5.74, 6) is 0.0379. The largest absolute Gasteiger partial charge is 0.544 e. The van der Waals surface area contributed by atoms with E-state index in [9.17, 15) is 9.90 Å². The number of carboxylic acid groups (broad SMARTS) is 1. The van der Waals surface area contributed by atoms with Crippen molar-refractivity contribution in [3.8, 4) is 0 Å². The Hall–Kier alpha value is -2.22. The van der Waals surface area contributed by atoms with Gasteiger partial charge >= 0.3 is 0 Å². The van der Waals surface area contributed by atoms with Gasteiger partial charge in [-0.05, 0) is 23.9 Å². The van der Waals surface area contributed by atoms with Gasteiger partial charge in [0.05, 0.1) is 5.97 Å². The van der Waals surface area contributed by atoms with E-state index < -0.39 is 5.97 Å². The van der Waals surface area contributed by atoms with Crippen LogP contribution in [-0.2, 0) is 4.79 Å². The van der Waals surface area contributed by atoms with Crippen LogP contribution in [0.25, 0.3) is 6.08 Å². The lowest BCUT2D eigenvalue weighted by atomic mass is 10.4. The van der Waals surface area contributed by atoms with E-state index in [-0.39, 0.29) is 10.1 Å². The number of aryl methyl sites for hydroxylation is 1. The average Bonchev–Trinajstić information content (AvgIpc) is 2.98. The highest BCUT2D eigenvalue weighted by Crippen LogP contribution is 2.28. The summed E-state index contributed by atoms with van der Waals surface area (Å²) in [6, 6.07) is 3.40. The van der Waals surface area contributed by atoms with Gasteiger partial charge < -0.3 is 23.6 Å². The number of hydrogen-bond acceptors (Lipinski definition) is 8. The number of aromatic nitrogens is 2. The summed E-state index contributed by atoms with van der Waals surface area (Å²) in [5.41, 5.74) is 0. The van der Waals surface area contributed by atoms with Crippen LogP contribution < -0.4 is 10.0 Å². The Bertz CT molecular complexity index is 645. The monoisotopic (exact) mass is 294 g/mol. The lowest BCUT2D eigenvalue weighted by Crippen LogP contribution is -2.22. The van der Waals surface area contributed by atoms with Crippen molar-refractivity contribution in [3.63, 3.8) is 0 Å². The minimum Gasteiger partial charge on any atom is -0.544 e. The molecule has 0 bridgehead atoms. The fourth-order valence-corrected chi connectivity index (χ4v) is 2.02. The van der Waals surface area contributed by atoms with Crippen molar-refractivity contribution < 1.29 is 18.7 Å². The van der Waals surface area contributed by atoms with E-state index in [0.29, 0.717) is 17.5 Å². The lowest BCUT2D eigenvalue weighted by molar-refractivity contribution is -0.298. The van der Waals surface area contributed by atoms with Gasteiger partial charge in [-0.25, -0.2) is 0 Å². The molecule has 0 aliphatic carbocycles. The standard InChI is InChI=1S/C12H13N3O4S/c1-7-13-14-12(18-7)20-9(11(16)17)6-8-4-5-10(19-8)15(2)3/h4-6H,1-3H3,(H,16,17)/p-1/b9-6+. The third-order valence-corrected chi connectivity index (χ3v) is 3.08. The summed E-state index contributed by atoms with van der Waals surface area (Å²) in [5, 5.41) is 18.6. The number of rotatable bonds is 5. The smallest absolute Gasteiger partial charge is 0.281 e. The minimum absolute atomic E-state index is 0.0756. The van der Waals surface area contributed by atoms with E-state index in [1.165, 1.54) is 6.08 Å². The molecule has 2 aromatic heterocycles. The Morgan fingerprint density at radius 2 is 2.10 bits per heavy atom. The Labute approximate surface area is 119 Å². The second-order valence-corrected chi connectivity index (χ2v) is 5.05. The first kappa shape index (κ1) is 14.2. The van der Waals surface area contributed by atoms with Crippen molar-refractivity contribution in [2.24, 2.45) is 0 Å². The summed E-state index contributed by atoms with van der Waals surface area (Å²) in [6.45, 7) is 1.62. The lowest BCUT2D eigenvalue weighted by Gasteiger charge is -2.06. The van der Waals surface area contributed by atoms with Crippen molar-refractivity contribution in [2.75, 3.05) is 19.0 Å². The number of nitrogens with zero attached hydrogens (tertiary/aromatic N) is 3. The zero-order valence-corrected chi connectivity index (χ0v) is 11.9. The van der Waals surface area contributed by atoms with Crippen molar-refractivity contribution in [1.29, 1.82) is 0 Å². The fraction of sp³-hybridized carbons (Fsp3) is 0.250. The zero-order valence-electron chi connectivity index (χ0n) is 11.1. The van der Waals surface area contributed by atoms with E-state index in [2.05, 4.69) is 10.2 Å². The highest BCUT2D eigenvalue weighted by atomic mass is 32.2. The maximum Gasteiger partial charge on any atom is 0.281 e. The first-order chi connectivity index (χ1) is 9.45. The molecule has 20 heavy (non-hydrogen) atoms. The topological polar surface area (TPSA) is 95.4 Å². The van der Waals surface area contributed by atoms with Crippen LogP contribution in [0.4, 0.5) is 5.88 Å². The fourth-order valence-electron chi connectivity index (χ4n) is 1.33. The highest BCUT2D eigenvalue weighted by Gasteiger charge is 2.10. The van der Waals surface area contributed by atoms with Gasteiger partial charge in [0.25, 0.3) is 5.22 Å². The van der Waals surface area contributed by atoms with Gasteiger partial charge in [0.2, 0.25) is 5.89 Å². The summed E-state index contributed by atoms with van der Waals surface area (Å²) in [4.78, 5) is 12.8.